The lowest BCUT2D eigenvalue weighted by Crippen LogP contribution is -1.88. The number of nitrogens with zero attached hydrogens (tertiary/aromatic N) is 2. The molecule has 6 heteroatoms. The number of hydrogen-bond donors (Lipinski definition) is 1. The van der Waals surface area contributed by atoms with Crippen molar-refractivity contribution in [2.75, 3.05) is 0 Å². The highest BCUT2D eigenvalue weighted by Crippen LogP contribution is 2.36. The summed E-state index contributed by atoms with van der Waals surface area (Å²) in [6.07, 6.45) is 3.38. The van der Waals surface area contributed by atoms with Crippen molar-refractivity contribution in [1.82, 2.24) is 15.0 Å². The summed E-state index contributed by atoms with van der Waals surface area (Å²) in [5, 5.41) is 0.926. The molecule has 0 unspecified atom stereocenters. The molecule has 2 aromatic carbocycles. The lowest BCUT2D eigenvalue weighted by Gasteiger charge is -2.03. The fraction of sp³-hybridized carbons (Fsp3) is 0. The van der Waals surface area contributed by atoms with Gasteiger partial charge >= 0.3 is 0 Å². The molecule has 0 spiro atoms. The Morgan fingerprint density at radius 2 is 1.58 bits per heavy atom. The van der Waals surface area contributed by atoms with E-state index in [4.69, 9.17) is 23.2 Å². The average Bonchev–Trinajstić information content (AvgIpc) is 3.08. The number of hydrogen-bond acceptors (Lipinski definition) is 2. The molecule has 1 N–H and O–H groups in total. The zero-order valence-electron chi connectivity index (χ0n) is 13.4. The van der Waals surface area contributed by atoms with Gasteiger partial charge in [0.1, 0.15) is 11.6 Å². The maximum absolute atomic E-state index is 14.4. The molecule has 0 radical (unpaired) electrons. The van der Waals surface area contributed by atoms with Crippen molar-refractivity contribution in [1.29, 1.82) is 0 Å². The van der Waals surface area contributed by atoms with Crippen LogP contribution in [0, 0.1) is 5.82 Å². The van der Waals surface area contributed by atoms with Crippen molar-refractivity contribution in [3.8, 4) is 33.9 Å². The van der Waals surface area contributed by atoms with Gasteiger partial charge in [0.25, 0.3) is 0 Å². The number of aromatic amines is 1. The Hall–Kier alpha value is -2.69. The molecular weight excluding hydrogens is 372 g/mol. The van der Waals surface area contributed by atoms with E-state index in [-0.39, 0.29) is 5.56 Å². The maximum Gasteiger partial charge on any atom is 0.143 e. The van der Waals surface area contributed by atoms with Crippen LogP contribution in [0.5, 0.6) is 0 Å². The molecule has 0 bridgehead atoms. The highest BCUT2D eigenvalue weighted by Gasteiger charge is 2.19. The van der Waals surface area contributed by atoms with Gasteiger partial charge in [0, 0.05) is 28.5 Å². The summed E-state index contributed by atoms with van der Waals surface area (Å²) < 4.78 is 14.4. The Kier molecular flexibility index (Phi) is 4.45. The largest absolute Gasteiger partial charge is 0.337 e. The number of rotatable bonds is 3. The van der Waals surface area contributed by atoms with Crippen molar-refractivity contribution in [3.63, 3.8) is 0 Å². The first kappa shape index (κ1) is 16.8. The van der Waals surface area contributed by atoms with Crippen molar-refractivity contribution < 1.29 is 4.39 Å². The minimum Gasteiger partial charge on any atom is -0.337 e. The number of imidazole rings is 1. The molecule has 2 aromatic heterocycles. The quantitative estimate of drug-likeness (QED) is 0.454. The molecule has 0 fully saturated rings. The zero-order valence-corrected chi connectivity index (χ0v) is 14.9. The molecule has 0 atom stereocenters. The maximum atomic E-state index is 14.4. The van der Waals surface area contributed by atoms with Crippen molar-refractivity contribution in [2.24, 2.45) is 0 Å². The minimum atomic E-state index is -0.435. The molecule has 128 valence electrons. The summed E-state index contributed by atoms with van der Waals surface area (Å²) in [6.45, 7) is 0. The van der Waals surface area contributed by atoms with Gasteiger partial charge in [-0.2, -0.15) is 0 Å². The lowest BCUT2D eigenvalue weighted by atomic mass is 10.1. The topological polar surface area (TPSA) is 41.6 Å². The van der Waals surface area contributed by atoms with Crippen LogP contribution in [0.2, 0.25) is 10.0 Å². The second kappa shape index (κ2) is 6.90. The zero-order chi connectivity index (χ0) is 18.1. The Bertz CT molecular complexity index is 1040. The molecule has 0 saturated heterocycles. The van der Waals surface area contributed by atoms with E-state index in [0.717, 1.165) is 16.8 Å². The van der Waals surface area contributed by atoms with Crippen LogP contribution in [0.25, 0.3) is 33.9 Å². The molecule has 3 nitrogen and oxygen atoms in total. The standard InChI is InChI=1S/C20H12Cl2FN3/c21-14-6-4-12(5-7-14)18-19(13-8-10-24-11-9-13)26-20(25-18)17-15(22)2-1-3-16(17)23/h1-11H,(H,25,26). The molecule has 4 aromatic rings. The molecule has 2 heterocycles. The third-order valence-corrected chi connectivity index (χ3v) is 4.56. The molecule has 4 rings (SSSR count). The van der Waals surface area contributed by atoms with E-state index >= 15 is 0 Å². The van der Waals surface area contributed by atoms with Gasteiger partial charge in [0.05, 0.1) is 22.0 Å². The minimum absolute atomic E-state index is 0.240. The highest BCUT2D eigenvalue weighted by atomic mass is 35.5. The second-order valence-electron chi connectivity index (χ2n) is 5.65. The Morgan fingerprint density at radius 1 is 0.846 bits per heavy atom. The summed E-state index contributed by atoms with van der Waals surface area (Å²) in [6, 6.07) is 15.6. The normalized spacial score (nSPS) is 10.9. The lowest BCUT2D eigenvalue weighted by molar-refractivity contribution is 0.630. The predicted octanol–water partition coefficient (Wildman–Crippen LogP) is 6.25. The smallest absolute Gasteiger partial charge is 0.143 e. The van der Waals surface area contributed by atoms with Crippen molar-refractivity contribution >= 4 is 23.2 Å². The summed E-state index contributed by atoms with van der Waals surface area (Å²) in [7, 11) is 0. The Labute approximate surface area is 159 Å². The first-order chi connectivity index (χ1) is 12.6. The van der Waals surface area contributed by atoms with Gasteiger partial charge in [-0.3, -0.25) is 4.98 Å². The summed E-state index contributed by atoms with van der Waals surface area (Å²) in [5.74, 6) is -0.0694. The molecule has 0 saturated carbocycles. The van der Waals surface area contributed by atoms with Gasteiger partial charge in [-0.1, -0.05) is 41.4 Å². The third kappa shape index (κ3) is 3.09. The molecule has 0 aliphatic heterocycles. The van der Waals surface area contributed by atoms with E-state index in [1.165, 1.54) is 6.07 Å². The van der Waals surface area contributed by atoms with Crippen LogP contribution < -0.4 is 0 Å². The summed E-state index contributed by atoms with van der Waals surface area (Å²) >= 11 is 12.2. The number of benzene rings is 2. The first-order valence-electron chi connectivity index (χ1n) is 7.84. The van der Waals surface area contributed by atoms with Crippen LogP contribution in [0.1, 0.15) is 0 Å². The molecular formula is C20H12Cl2FN3. The fourth-order valence-electron chi connectivity index (χ4n) is 2.76. The first-order valence-corrected chi connectivity index (χ1v) is 8.60. The van der Waals surface area contributed by atoms with Gasteiger partial charge < -0.3 is 4.98 Å². The number of aromatic nitrogens is 3. The van der Waals surface area contributed by atoms with Gasteiger partial charge in [-0.25, -0.2) is 9.37 Å². The number of pyridine rings is 1. The number of nitrogens with one attached hydrogen (secondary N) is 1. The van der Waals surface area contributed by atoms with Gasteiger partial charge in [-0.15, -0.1) is 0 Å². The molecule has 26 heavy (non-hydrogen) atoms. The van der Waals surface area contributed by atoms with E-state index < -0.39 is 5.82 Å². The Morgan fingerprint density at radius 3 is 2.27 bits per heavy atom. The van der Waals surface area contributed by atoms with Crippen LogP contribution in [0.15, 0.2) is 67.0 Å². The molecule has 0 aliphatic carbocycles. The fourth-order valence-corrected chi connectivity index (χ4v) is 3.14. The van der Waals surface area contributed by atoms with E-state index in [1.807, 2.05) is 24.3 Å². The summed E-state index contributed by atoms with van der Waals surface area (Å²) in [5.41, 5.74) is 3.42. The van der Waals surface area contributed by atoms with Gasteiger partial charge in [-0.05, 0) is 36.4 Å². The predicted molar refractivity (Wildman–Crippen MR) is 103 cm³/mol. The SMILES string of the molecule is Fc1cccc(Cl)c1-c1nc(-c2ccc(Cl)cc2)c(-c2ccncc2)[nH]1. The number of H-pyrrole nitrogens is 1. The van der Waals surface area contributed by atoms with E-state index in [1.54, 1.807) is 36.7 Å². The van der Waals surface area contributed by atoms with Crippen molar-refractivity contribution in [2.45, 2.75) is 0 Å². The average molecular weight is 384 g/mol. The number of halogens is 3. The van der Waals surface area contributed by atoms with Crippen LogP contribution in [-0.4, -0.2) is 15.0 Å². The van der Waals surface area contributed by atoms with Gasteiger partial charge in [0.15, 0.2) is 0 Å². The van der Waals surface area contributed by atoms with Crippen LogP contribution >= 0.6 is 23.2 Å². The second-order valence-corrected chi connectivity index (χ2v) is 6.49. The van der Waals surface area contributed by atoms with Crippen LogP contribution in [0.4, 0.5) is 4.39 Å². The van der Waals surface area contributed by atoms with E-state index in [0.29, 0.717) is 21.6 Å². The highest BCUT2D eigenvalue weighted by molar-refractivity contribution is 6.33. The third-order valence-electron chi connectivity index (χ3n) is 3.99. The molecule has 0 aliphatic rings. The monoisotopic (exact) mass is 383 g/mol. The Balaban J connectivity index is 1.95. The van der Waals surface area contributed by atoms with E-state index in [2.05, 4.69) is 15.0 Å². The van der Waals surface area contributed by atoms with Crippen LogP contribution in [0.3, 0.4) is 0 Å². The molecule has 0 amide bonds. The summed E-state index contributed by atoms with van der Waals surface area (Å²) in [4.78, 5) is 11.9. The van der Waals surface area contributed by atoms with E-state index in [9.17, 15) is 4.39 Å². The van der Waals surface area contributed by atoms with Crippen molar-refractivity contribution in [3.05, 3.63) is 82.9 Å². The van der Waals surface area contributed by atoms with Gasteiger partial charge in [0.2, 0.25) is 0 Å². The van der Waals surface area contributed by atoms with Crippen LogP contribution in [-0.2, 0) is 0 Å².